The maximum Gasteiger partial charge on any atom is 0.314 e. The van der Waals surface area contributed by atoms with Gasteiger partial charge in [0.25, 0.3) is 0 Å². The lowest BCUT2D eigenvalue weighted by molar-refractivity contribution is -0.143. The van der Waals surface area contributed by atoms with Crippen molar-refractivity contribution in [1.82, 2.24) is 30.1 Å². The highest BCUT2D eigenvalue weighted by Gasteiger charge is 2.34. The number of carboxylic acid groups (broad SMARTS) is 1. The molecule has 0 spiro atoms. The summed E-state index contributed by atoms with van der Waals surface area (Å²) in [4.78, 5) is 49.4. The lowest BCUT2D eigenvalue weighted by Crippen LogP contribution is -2.34. The molecule has 3 aromatic heterocycles. The lowest BCUT2D eigenvalue weighted by Gasteiger charge is -2.28. The molecule has 0 bridgehead atoms. The predicted molar refractivity (Wildman–Crippen MR) is 243 cm³/mol. The van der Waals surface area contributed by atoms with Gasteiger partial charge in [0.2, 0.25) is 0 Å². The molecule has 3 aliphatic heterocycles. The predicted octanol–water partition coefficient (Wildman–Crippen LogP) is 7.48. The molecule has 3 atom stereocenters. The van der Waals surface area contributed by atoms with Crippen LogP contribution in [0.4, 0.5) is 0 Å². The Morgan fingerprint density at radius 3 is 1.42 bits per heavy atom. The van der Waals surface area contributed by atoms with Crippen LogP contribution in [0.25, 0.3) is 32.7 Å². The number of carbonyl (C=O) groups is 3. The zero-order valence-corrected chi connectivity index (χ0v) is 36.9. The van der Waals surface area contributed by atoms with Crippen molar-refractivity contribution >= 4 is 69.1 Å². The number of carboxylic acids is 1. The normalized spacial score (nSPS) is 18.2. The Labute approximate surface area is 358 Å². The summed E-state index contributed by atoms with van der Waals surface area (Å²) >= 11 is 5.67. The van der Waals surface area contributed by atoms with Crippen molar-refractivity contribution in [3.63, 3.8) is 0 Å². The quantitative estimate of drug-likeness (QED) is 0.0595. The Kier molecular flexibility index (Phi) is 16.7. The van der Waals surface area contributed by atoms with E-state index in [9.17, 15) is 19.5 Å². The topological polar surface area (TPSA) is 176 Å². The number of fused-ring (bicyclic) bond motifs is 9. The summed E-state index contributed by atoms with van der Waals surface area (Å²) < 4.78 is 9.81. The molecule has 60 heavy (non-hydrogen) atoms. The number of benzene rings is 3. The van der Waals surface area contributed by atoms with Crippen molar-refractivity contribution < 1.29 is 34.1 Å². The number of hydrogen-bond acceptors (Lipinski definition) is 9. The number of hydrogen-bond donors (Lipinski definition) is 6. The summed E-state index contributed by atoms with van der Waals surface area (Å²) in [5.41, 5.74) is 9.61. The molecule has 0 amide bonds. The van der Waals surface area contributed by atoms with Gasteiger partial charge in [-0.05, 0) is 49.0 Å². The average Bonchev–Trinajstić information content (AvgIpc) is 3.91. The number of esters is 2. The van der Waals surface area contributed by atoms with Crippen LogP contribution in [0.3, 0.4) is 0 Å². The number of aliphatic hydroxyl groups excluding tert-OH is 1. The van der Waals surface area contributed by atoms with Crippen LogP contribution in [0.15, 0.2) is 72.8 Å². The van der Waals surface area contributed by atoms with Crippen molar-refractivity contribution in [2.24, 2.45) is 0 Å². The number of nitrogens with zero attached hydrogens (tertiary/aromatic N) is 2. The molecule has 0 fully saturated rings. The number of para-hydroxylation sites is 3. The van der Waals surface area contributed by atoms with E-state index < -0.39 is 19.3 Å². The molecule has 0 saturated carbocycles. The number of carbonyl (C=O) groups excluding carboxylic acids is 2. The van der Waals surface area contributed by atoms with Gasteiger partial charge in [0, 0.05) is 96.2 Å². The largest absolute Gasteiger partial charge is 0.481 e. The number of aromatic nitrogens is 3. The van der Waals surface area contributed by atoms with Crippen molar-refractivity contribution in [2.45, 2.75) is 64.5 Å². The molecule has 3 aliphatic rings. The van der Waals surface area contributed by atoms with Gasteiger partial charge in [-0.3, -0.25) is 24.2 Å². The second-order valence-electron chi connectivity index (χ2n) is 15.8. The third kappa shape index (κ3) is 11.0. The van der Waals surface area contributed by atoms with Crippen LogP contribution in [-0.2, 0) is 43.5 Å². The Balaban J connectivity index is 0.000000183. The van der Waals surface area contributed by atoms with Crippen LogP contribution >= 0.6 is 11.1 Å². The smallest absolute Gasteiger partial charge is 0.314 e. The molecule has 9 rings (SSSR count). The summed E-state index contributed by atoms with van der Waals surface area (Å²) in [6.45, 7) is 10.6. The van der Waals surface area contributed by atoms with Crippen molar-refractivity contribution in [3.8, 4) is 0 Å². The average molecular weight is 862 g/mol. The third-order valence-electron chi connectivity index (χ3n) is 10.3. The van der Waals surface area contributed by atoms with E-state index in [1.807, 2.05) is 85.7 Å². The second kappa shape index (κ2) is 21.0. The first-order valence-corrected chi connectivity index (χ1v) is 24.1. The monoisotopic (exact) mass is 860 g/mol. The van der Waals surface area contributed by atoms with E-state index in [0.29, 0.717) is 19.6 Å². The Morgan fingerprint density at radius 2 is 1.00 bits per heavy atom. The molecule has 6 heterocycles. The standard InChI is InChI=1S/C14H16N2O2.2C13H14N2O2.C3H9ClSi.CH4O.CH4/c1-16-7-10(14(17)18-2)13-9-5-3-4-6-11(9)15-12(13)8-16;1-15-6-9(13(16)17)12-8-4-2-3-5-10(8)14-11(12)7-15;1-17-13(16)9-6-14-7-11-12(9)8-4-2-3-5-10(8)15-11;1-5(2,3)4;1-2;/h3-6,10,15H,7-8H2,1-2H3;2-5,9,14H,6-7H2,1H3,(H,16,17);2-5,9,14-15H,6-7H2,1H3;1-3H3;2H,1H3;1H4/t10-;2*9-;;;/m111.../s1. The fraction of sp³-hybridized carbons (Fsp3) is 0.400. The number of ether oxygens (including phenoxy) is 2. The molecule has 3 aromatic carbocycles. The maximum atomic E-state index is 12.0. The van der Waals surface area contributed by atoms with E-state index in [1.165, 1.54) is 14.2 Å². The second-order valence-corrected chi connectivity index (χ2v) is 23.4. The zero-order chi connectivity index (χ0) is 43.0. The molecule has 15 heteroatoms. The van der Waals surface area contributed by atoms with Crippen LogP contribution in [0.2, 0.25) is 19.6 Å². The first-order valence-electron chi connectivity index (χ1n) is 19.6. The molecule has 6 N–H and O–H groups in total. The highest BCUT2D eigenvalue weighted by atomic mass is 35.6. The number of aliphatic hydroxyl groups is 1. The Bertz CT molecular complexity index is 2380. The van der Waals surface area contributed by atoms with Gasteiger partial charge >= 0.3 is 17.9 Å². The number of aliphatic carboxylic acids is 1. The fourth-order valence-corrected chi connectivity index (χ4v) is 8.04. The number of aromatic amines is 3. The number of H-pyrrole nitrogens is 3. The summed E-state index contributed by atoms with van der Waals surface area (Å²) in [5.74, 6) is -1.92. The minimum Gasteiger partial charge on any atom is -0.481 e. The van der Waals surface area contributed by atoms with Crippen LogP contribution < -0.4 is 5.32 Å². The Hall–Kier alpha value is -4.96. The maximum absolute atomic E-state index is 12.0. The SMILES string of the molecule is C.CN1Cc2[nH]c3ccccc3c2[C@H](C(=O)O)C1.CO.COC(=O)[C@@H]1CN(C)Cc2[nH]c3ccccc3c21.COC(=O)[C@@H]1CNCc2[nH]c3ccccc3c21.C[Si](C)(C)Cl. The first kappa shape index (κ1) is 47.7. The van der Waals surface area contributed by atoms with E-state index in [2.05, 4.69) is 50.9 Å². The van der Waals surface area contributed by atoms with Crippen molar-refractivity contribution in [1.29, 1.82) is 0 Å². The number of likely N-dealkylation sites (N-methyl/N-ethyl adjacent to an activating group) is 2. The molecule has 13 nitrogen and oxygen atoms in total. The van der Waals surface area contributed by atoms with E-state index in [-0.39, 0.29) is 31.2 Å². The van der Waals surface area contributed by atoms with Gasteiger partial charge in [-0.2, -0.15) is 11.1 Å². The van der Waals surface area contributed by atoms with Gasteiger partial charge < -0.3 is 40.0 Å². The van der Waals surface area contributed by atoms with Crippen LogP contribution in [-0.4, -0.2) is 115 Å². The van der Waals surface area contributed by atoms with Gasteiger partial charge in [-0.1, -0.05) is 81.7 Å². The summed E-state index contributed by atoms with van der Waals surface area (Å²) in [7, 11) is 6.71. The molecular weight excluding hydrogens is 800 g/mol. The molecule has 6 aromatic rings. The van der Waals surface area contributed by atoms with E-state index in [4.69, 9.17) is 25.7 Å². The van der Waals surface area contributed by atoms with Crippen LogP contribution in [0, 0.1) is 0 Å². The third-order valence-corrected chi connectivity index (χ3v) is 10.3. The molecule has 324 valence electrons. The van der Waals surface area contributed by atoms with Crippen molar-refractivity contribution in [3.05, 3.63) is 107 Å². The summed E-state index contributed by atoms with van der Waals surface area (Å²) in [6.07, 6.45) is 0. The minimum absolute atomic E-state index is 0. The summed E-state index contributed by atoms with van der Waals surface area (Å²) in [5, 5.41) is 22.9. The van der Waals surface area contributed by atoms with E-state index in [0.717, 1.165) is 93.2 Å². The van der Waals surface area contributed by atoms with Crippen LogP contribution in [0.1, 0.15) is 59.0 Å². The van der Waals surface area contributed by atoms with Gasteiger partial charge in [0.1, 0.15) is 7.38 Å². The molecule has 0 radical (unpaired) electrons. The fourth-order valence-electron chi connectivity index (χ4n) is 8.04. The highest BCUT2D eigenvalue weighted by Crippen LogP contribution is 2.36. The number of nitrogens with one attached hydrogen (secondary N) is 4. The molecule has 0 saturated heterocycles. The van der Waals surface area contributed by atoms with E-state index >= 15 is 0 Å². The summed E-state index contributed by atoms with van der Waals surface area (Å²) in [6, 6.07) is 24.1. The molecule has 0 aliphatic carbocycles. The lowest BCUT2D eigenvalue weighted by atomic mass is 9.92. The number of methoxy groups -OCH3 is 2. The number of halogens is 1. The van der Waals surface area contributed by atoms with Gasteiger partial charge in [-0.15, -0.1) is 0 Å². The highest BCUT2D eigenvalue weighted by molar-refractivity contribution is 7.18. The van der Waals surface area contributed by atoms with Crippen LogP contribution in [0.5, 0.6) is 0 Å². The molecular formula is C45H61ClN6O7Si. The first-order chi connectivity index (χ1) is 28.2. The van der Waals surface area contributed by atoms with Crippen molar-refractivity contribution in [2.75, 3.05) is 55.1 Å². The number of rotatable bonds is 3. The van der Waals surface area contributed by atoms with Gasteiger partial charge in [0.15, 0.2) is 0 Å². The zero-order valence-electron chi connectivity index (χ0n) is 35.1. The van der Waals surface area contributed by atoms with Gasteiger partial charge in [-0.25, -0.2) is 0 Å². The molecule has 0 unspecified atom stereocenters. The minimum atomic E-state index is -1.14. The van der Waals surface area contributed by atoms with E-state index in [1.54, 1.807) is 0 Å². The van der Waals surface area contributed by atoms with Gasteiger partial charge in [0.05, 0.1) is 32.0 Å². The Morgan fingerprint density at radius 1 is 0.650 bits per heavy atom.